The molecule has 20 heavy (non-hydrogen) atoms. The molecule has 0 saturated heterocycles. The number of carbonyl (C=O) groups is 1. The number of hydrogen-bond donors (Lipinski definition) is 1. The van der Waals surface area contributed by atoms with Gasteiger partial charge in [-0.25, -0.2) is 4.98 Å². The number of rotatable bonds is 8. The Morgan fingerprint density at radius 3 is 2.50 bits per heavy atom. The lowest BCUT2D eigenvalue weighted by Gasteiger charge is -2.30. The Bertz CT molecular complexity index is 436. The van der Waals surface area contributed by atoms with Gasteiger partial charge < -0.3 is 9.67 Å². The van der Waals surface area contributed by atoms with Crippen molar-refractivity contribution in [2.24, 2.45) is 0 Å². The monoisotopic (exact) mass is 299 g/mol. The first-order valence-electron chi connectivity index (χ1n) is 6.95. The van der Waals surface area contributed by atoms with Gasteiger partial charge in [0.25, 0.3) is 0 Å². The van der Waals surface area contributed by atoms with Crippen molar-refractivity contribution in [3.05, 3.63) is 11.9 Å². The molecule has 0 amide bonds. The van der Waals surface area contributed by atoms with E-state index in [2.05, 4.69) is 42.1 Å². The molecule has 0 unspecified atom stereocenters. The summed E-state index contributed by atoms with van der Waals surface area (Å²) in [6.07, 6.45) is 1.99. The Balaban J connectivity index is 2.69. The Hall–Kier alpha value is -1.01. The topological polar surface area (TPSA) is 58.4 Å². The Kier molecular flexibility index (Phi) is 6.55. The standard InChI is InChI=1S/C14H25N3O2S/c1-10(2)17(11(3)4)7-6-16-8-12(5)15-14(16)20-9-13(18)19/h8,10-11H,6-7,9H2,1-5H3,(H,18,19). The van der Waals surface area contributed by atoms with Crippen LogP contribution >= 0.6 is 11.8 Å². The molecule has 0 aliphatic heterocycles. The van der Waals surface area contributed by atoms with Crippen LogP contribution in [0.4, 0.5) is 0 Å². The number of hydrogen-bond acceptors (Lipinski definition) is 4. The molecule has 0 fully saturated rings. The summed E-state index contributed by atoms with van der Waals surface area (Å²) in [4.78, 5) is 17.5. The third kappa shape index (κ3) is 5.17. The molecule has 1 rings (SSSR count). The molecular weight excluding hydrogens is 274 g/mol. The maximum absolute atomic E-state index is 10.7. The van der Waals surface area contributed by atoms with E-state index in [1.165, 1.54) is 11.8 Å². The molecule has 114 valence electrons. The van der Waals surface area contributed by atoms with Gasteiger partial charge in [-0.3, -0.25) is 9.69 Å². The van der Waals surface area contributed by atoms with Gasteiger partial charge in [0.1, 0.15) is 0 Å². The predicted octanol–water partition coefficient (Wildman–Crippen LogP) is 2.49. The second-order valence-electron chi connectivity index (χ2n) is 5.47. The van der Waals surface area contributed by atoms with E-state index in [1.54, 1.807) is 0 Å². The number of aryl methyl sites for hydroxylation is 1. The van der Waals surface area contributed by atoms with Gasteiger partial charge in [0.15, 0.2) is 5.16 Å². The highest BCUT2D eigenvalue weighted by atomic mass is 32.2. The van der Waals surface area contributed by atoms with Gasteiger partial charge in [0, 0.05) is 31.4 Å². The number of thioether (sulfide) groups is 1. The van der Waals surface area contributed by atoms with Crippen molar-refractivity contribution < 1.29 is 9.90 Å². The lowest BCUT2D eigenvalue weighted by atomic mass is 10.2. The van der Waals surface area contributed by atoms with E-state index in [0.29, 0.717) is 12.1 Å². The first-order chi connectivity index (χ1) is 9.31. The van der Waals surface area contributed by atoms with E-state index in [9.17, 15) is 4.79 Å². The largest absolute Gasteiger partial charge is 0.481 e. The molecule has 0 aliphatic rings. The summed E-state index contributed by atoms with van der Waals surface area (Å²) >= 11 is 1.28. The van der Waals surface area contributed by atoms with Crippen LogP contribution in [0.15, 0.2) is 11.4 Å². The summed E-state index contributed by atoms with van der Waals surface area (Å²) < 4.78 is 2.06. The van der Waals surface area contributed by atoms with Crippen molar-refractivity contribution in [1.82, 2.24) is 14.5 Å². The van der Waals surface area contributed by atoms with E-state index in [-0.39, 0.29) is 5.75 Å². The number of nitrogens with zero attached hydrogens (tertiary/aromatic N) is 3. The van der Waals surface area contributed by atoms with E-state index < -0.39 is 5.97 Å². The molecule has 1 N–H and O–H groups in total. The van der Waals surface area contributed by atoms with Crippen LogP contribution in [0.5, 0.6) is 0 Å². The average Bonchev–Trinajstić information content (AvgIpc) is 2.66. The molecule has 0 aromatic carbocycles. The van der Waals surface area contributed by atoms with Crippen molar-refractivity contribution in [3.63, 3.8) is 0 Å². The van der Waals surface area contributed by atoms with E-state index >= 15 is 0 Å². The fourth-order valence-corrected chi connectivity index (χ4v) is 3.03. The predicted molar refractivity (Wildman–Crippen MR) is 82.3 cm³/mol. The Morgan fingerprint density at radius 2 is 2.00 bits per heavy atom. The Morgan fingerprint density at radius 1 is 1.40 bits per heavy atom. The minimum atomic E-state index is -0.812. The van der Waals surface area contributed by atoms with Crippen LogP contribution in [-0.4, -0.2) is 49.9 Å². The fraction of sp³-hybridized carbons (Fsp3) is 0.714. The number of carboxylic acids is 1. The van der Waals surface area contributed by atoms with Crippen molar-refractivity contribution in [3.8, 4) is 0 Å². The number of imidazole rings is 1. The third-order valence-corrected chi connectivity index (χ3v) is 4.09. The van der Waals surface area contributed by atoms with Crippen molar-refractivity contribution in [2.45, 2.75) is 58.4 Å². The Labute approximate surface area is 125 Å². The van der Waals surface area contributed by atoms with Crippen LogP contribution in [0.2, 0.25) is 0 Å². The molecule has 1 aromatic heterocycles. The van der Waals surface area contributed by atoms with E-state index in [0.717, 1.165) is 23.9 Å². The van der Waals surface area contributed by atoms with Gasteiger partial charge in [-0.05, 0) is 34.6 Å². The van der Waals surface area contributed by atoms with Crippen LogP contribution < -0.4 is 0 Å². The maximum Gasteiger partial charge on any atom is 0.313 e. The number of aromatic nitrogens is 2. The maximum atomic E-state index is 10.7. The fourth-order valence-electron chi connectivity index (χ4n) is 2.26. The van der Waals surface area contributed by atoms with Crippen LogP contribution in [-0.2, 0) is 11.3 Å². The quantitative estimate of drug-likeness (QED) is 0.747. The van der Waals surface area contributed by atoms with E-state index in [1.807, 2.05) is 13.1 Å². The molecule has 0 atom stereocenters. The molecule has 6 heteroatoms. The van der Waals surface area contributed by atoms with Crippen LogP contribution in [0.3, 0.4) is 0 Å². The molecule has 5 nitrogen and oxygen atoms in total. The molecule has 0 radical (unpaired) electrons. The zero-order chi connectivity index (χ0) is 15.3. The van der Waals surface area contributed by atoms with E-state index in [4.69, 9.17) is 5.11 Å². The summed E-state index contributed by atoms with van der Waals surface area (Å²) in [5, 5.41) is 9.56. The second kappa shape index (κ2) is 7.69. The van der Waals surface area contributed by atoms with Gasteiger partial charge in [0.05, 0.1) is 11.4 Å². The zero-order valence-corrected chi connectivity index (χ0v) is 13.8. The molecular formula is C14H25N3O2S. The average molecular weight is 299 g/mol. The summed E-state index contributed by atoms with van der Waals surface area (Å²) in [6.45, 7) is 12.5. The molecule has 0 bridgehead atoms. The molecule has 0 aliphatic carbocycles. The number of aliphatic carboxylic acids is 1. The minimum Gasteiger partial charge on any atom is -0.481 e. The van der Waals surface area contributed by atoms with Crippen molar-refractivity contribution in [2.75, 3.05) is 12.3 Å². The lowest BCUT2D eigenvalue weighted by molar-refractivity contribution is -0.133. The van der Waals surface area contributed by atoms with Crippen LogP contribution in [0, 0.1) is 6.92 Å². The summed E-state index contributed by atoms with van der Waals surface area (Å²) in [5.41, 5.74) is 0.929. The third-order valence-electron chi connectivity index (χ3n) is 3.11. The second-order valence-corrected chi connectivity index (χ2v) is 6.41. The van der Waals surface area contributed by atoms with Gasteiger partial charge in [0.2, 0.25) is 0 Å². The van der Waals surface area contributed by atoms with Gasteiger partial charge >= 0.3 is 5.97 Å². The highest BCUT2D eigenvalue weighted by molar-refractivity contribution is 7.99. The smallest absolute Gasteiger partial charge is 0.313 e. The molecule has 0 saturated carbocycles. The minimum absolute atomic E-state index is 0.0501. The molecule has 1 aromatic rings. The highest BCUT2D eigenvalue weighted by Crippen LogP contribution is 2.18. The van der Waals surface area contributed by atoms with Gasteiger partial charge in [-0.2, -0.15) is 0 Å². The van der Waals surface area contributed by atoms with Crippen LogP contribution in [0.1, 0.15) is 33.4 Å². The first-order valence-corrected chi connectivity index (χ1v) is 7.94. The van der Waals surface area contributed by atoms with Gasteiger partial charge in [-0.1, -0.05) is 11.8 Å². The highest BCUT2D eigenvalue weighted by Gasteiger charge is 2.15. The molecule has 1 heterocycles. The number of carboxylic acid groups (broad SMARTS) is 1. The first kappa shape index (κ1) is 17.0. The summed E-state index contributed by atoms with van der Waals surface area (Å²) in [5.74, 6) is -0.762. The van der Waals surface area contributed by atoms with Crippen molar-refractivity contribution >= 4 is 17.7 Å². The summed E-state index contributed by atoms with van der Waals surface area (Å²) in [6, 6.07) is 0.990. The molecule has 0 spiro atoms. The lowest BCUT2D eigenvalue weighted by Crippen LogP contribution is -2.39. The summed E-state index contributed by atoms with van der Waals surface area (Å²) in [7, 11) is 0. The SMILES string of the molecule is Cc1cn(CCN(C(C)C)C(C)C)c(SCC(=O)O)n1. The van der Waals surface area contributed by atoms with Crippen LogP contribution in [0.25, 0.3) is 0 Å². The normalized spacial score (nSPS) is 11.8. The zero-order valence-electron chi connectivity index (χ0n) is 13.0. The van der Waals surface area contributed by atoms with Gasteiger partial charge in [-0.15, -0.1) is 0 Å². The van der Waals surface area contributed by atoms with Crippen molar-refractivity contribution in [1.29, 1.82) is 0 Å².